The average molecular weight is 601 g/mol. The first kappa shape index (κ1) is 30.9. The normalized spacial score (nSPS) is 11.7. The van der Waals surface area contributed by atoms with E-state index in [-0.39, 0.29) is 35.1 Å². The van der Waals surface area contributed by atoms with Gasteiger partial charge in [-0.2, -0.15) is 0 Å². The van der Waals surface area contributed by atoms with Gasteiger partial charge in [-0.3, -0.25) is 24.0 Å². The molecule has 0 heterocycles. The lowest BCUT2D eigenvalue weighted by Crippen LogP contribution is -2.53. The highest BCUT2D eigenvalue weighted by Crippen LogP contribution is 2.27. The van der Waals surface area contributed by atoms with Crippen LogP contribution >= 0.6 is 0 Å². The molecule has 0 aliphatic carbocycles. The van der Waals surface area contributed by atoms with Crippen molar-refractivity contribution < 1.29 is 22.9 Å². The third kappa shape index (κ3) is 7.83. The largest absolute Gasteiger partial charge is 0.355 e. The van der Waals surface area contributed by atoms with Gasteiger partial charge in [0.05, 0.1) is 15.5 Å². The van der Waals surface area contributed by atoms with Crippen LogP contribution in [0.4, 0.5) is 11.4 Å². The Morgan fingerprint density at radius 3 is 1.88 bits per heavy atom. The van der Waals surface area contributed by atoms with Crippen molar-refractivity contribution in [3.8, 4) is 0 Å². The summed E-state index contributed by atoms with van der Waals surface area (Å²) in [5.74, 6) is -0.989. The molecule has 4 rings (SSSR count). The highest BCUT2D eigenvalue weighted by molar-refractivity contribution is 7.92. The number of carbonyl (C=O) groups is 2. The zero-order valence-corrected chi connectivity index (χ0v) is 24.4. The lowest BCUT2D eigenvalue weighted by molar-refractivity contribution is -0.384. The predicted octanol–water partition coefficient (Wildman–Crippen LogP) is 4.57. The number of non-ortho nitro benzene ring substituents is 1. The molecule has 0 bridgehead atoms. The van der Waals surface area contributed by atoms with E-state index in [4.69, 9.17) is 0 Å². The van der Waals surface area contributed by atoms with Crippen LogP contribution in [0.1, 0.15) is 18.1 Å². The number of carbonyl (C=O) groups excluding carboxylic acids is 2. The van der Waals surface area contributed by atoms with Gasteiger partial charge in [0, 0.05) is 31.6 Å². The van der Waals surface area contributed by atoms with Gasteiger partial charge in [-0.15, -0.1) is 0 Å². The van der Waals surface area contributed by atoms with Crippen LogP contribution in [0.25, 0.3) is 0 Å². The molecular formula is C32H32N4O6S. The molecule has 10 nitrogen and oxygen atoms in total. The third-order valence-corrected chi connectivity index (χ3v) is 8.56. The average Bonchev–Trinajstić information content (AvgIpc) is 3.03. The van der Waals surface area contributed by atoms with E-state index in [2.05, 4.69) is 5.32 Å². The Kier molecular flexibility index (Phi) is 10.2. The minimum absolute atomic E-state index is 0.0494. The number of rotatable bonds is 13. The summed E-state index contributed by atoms with van der Waals surface area (Å²) in [4.78, 5) is 39.7. The van der Waals surface area contributed by atoms with Crippen LogP contribution in [0, 0.1) is 10.1 Å². The van der Waals surface area contributed by atoms with Gasteiger partial charge in [0.15, 0.2) is 0 Å². The molecule has 1 atom stereocenters. The quantitative estimate of drug-likeness (QED) is 0.177. The Morgan fingerprint density at radius 2 is 1.35 bits per heavy atom. The first-order valence-corrected chi connectivity index (χ1v) is 15.1. The smallest absolute Gasteiger partial charge is 0.269 e. The number of amides is 2. The summed E-state index contributed by atoms with van der Waals surface area (Å²) in [6, 6.07) is 30.0. The lowest BCUT2D eigenvalue weighted by Gasteiger charge is -2.33. The van der Waals surface area contributed by atoms with Crippen molar-refractivity contribution in [2.75, 3.05) is 17.4 Å². The first-order valence-electron chi connectivity index (χ1n) is 13.7. The van der Waals surface area contributed by atoms with Crippen LogP contribution in [-0.4, -0.2) is 49.2 Å². The van der Waals surface area contributed by atoms with Gasteiger partial charge in [0.1, 0.15) is 12.6 Å². The minimum atomic E-state index is -4.29. The van der Waals surface area contributed by atoms with Crippen molar-refractivity contribution in [2.45, 2.75) is 30.8 Å². The Balaban J connectivity index is 1.78. The van der Waals surface area contributed by atoms with Crippen LogP contribution in [0.2, 0.25) is 0 Å². The number of anilines is 1. The van der Waals surface area contributed by atoms with Gasteiger partial charge in [-0.1, -0.05) is 78.9 Å². The molecule has 0 aromatic heterocycles. The Hall–Kier alpha value is -5.03. The third-order valence-electron chi connectivity index (χ3n) is 6.78. The van der Waals surface area contributed by atoms with Gasteiger partial charge >= 0.3 is 0 Å². The standard InChI is InChI=1S/C32H32N4O6S/c1-2-33-32(38)30(22-25-12-6-3-7-13-25)34(23-26-14-8-4-9-15-26)31(37)24-35(27-18-20-28(21-19-27)36(39)40)43(41,42)29-16-10-5-11-17-29/h3-21,30H,2,22-24H2,1H3,(H,33,38)/t30-/m0/s1. The zero-order chi connectivity index (χ0) is 30.8. The Labute approximate surface area is 250 Å². The van der Waals surface area contributed by atoms with Crippen molar-refractivity contribution in [1.82, 2.24) is 10.2 Å². The monoisotopic (exact) mass is 600 g/mol. The van der Waals surface area contributed by atoms with Crippen molar-refractivity contribution in [2.24, 2.45) is 0 Å². The fourth-order valence-corrected chi connectivity index (χ4v) is 6.05. The Bertz CT molecular complexity index is 1630. The van der Waals surface area contributed by atoms with Gasteiger partial charge in [0.2, 0.25) is 11.8 Å². The SMILES string of the molecule is CCNC(=O)[C@H](Cc1ccccc1)N(Cc1ccccc1)C(=O)CN(c1ccc([N+](=O)[O-])cc1)S(=O)(=O)c1ccccc1. The summed E-state index contributed by atoms with van der Waals surface area (Å²) in [7, 11) is -4.29. The second-order valence-electron chi connectivity index (χ2n) is 9.71. The number of nitro groups is 1. The minimum Gasteiger partial charge on any atom is -0.355 e. The molecule has 11 heteroatoms. The topological polar surface area (TPSA) is 130 Å². The zero-order valence-electron chi connectivity index (χ0n) is 23.6. The fraction of sp³-hybridized carbons (Fsp3) is 0.188. The number of hydrogen-bond donors (Lipinski definition) is 1. The second kappa shape index (κ2) is 14.2. The Morgan fingerprint density at radius 1 is 0.814 bits per heavy atom. The van der Waals surface area contributed by atoms with Crippen LogP contribution < -0.4 is 9.62 Å². The fourth-order valence-electron chi connectivity index (χ4n) is 4.62. The van der Waals surface area contributed by atoms with E-state index >= 15 is 0 Å². The molecule has 0 aliphatic heterocycles. The molecule has 4 aromatic rings. The molecule has 4 aromatic carbocycles. The molecule has 1 N–H and O–H groups in total. The molecule has 0 spiro atoms. The molecule has 43 heavy (non-hydrogen) atoms. The molecule has 222 valence electrons. The van der Waals surface area contributed by atoms with E-state index in [0.29, 0.717) is 6.54 Å². The molecule has 0 fully saturated rings. The van der Waals surface area contributed by atoms with E-state index in [1.165, 1.54) is 41.3 Å². The highest BCUT2D eigenvalue weighted by atomic mass is 32.2. The van der Waals surface area contributed by atoms with E-state index in [1.807, 2.05) is 60.7 Å². The molecule has 0 aliphatic rings. The summed E-state index contributed by atoms with van der Waals surface area (Å²) < 4.78 is 28.7. The van der Waals surface area contributed by atoms with Crippen LogP contribution in [0.5, 0.6) is 0 Å². The molecule has 0 unspecified atom stereocenters. The number of hydrogen-bond acceptors (Lipinski definition) is 6. The van der Waals surface area contributed by atoms with Crippen LogP contribution in [-0.2, 0) is 32.6 Å². The first-order chi connectivity index (χ1) is 20.7. The molecule has 2 amide bonds. The summed E-state index contributed by atoms with van der Waals surface area (Å²) in [5, 5.41) is 14.1. The molecule has 0 saturated heterocycles. The van der Waals surface area contributed by atoms with Crippen molar-refractivity contribution >= 4 is 33.2 Å². The maximum Gasteiger partial charge on any atom is 0.269 e. The van der Waals surface area contributed by atoms with E-state index in [0.717, 1.165) is 15.4 Å². The molecule has 0 radical (unpaired) electrons. The van der Waals surface area contributed by atoms with Crippen molar-refractivity contribution in [3.05, 3.63) is 137 Å². The van der Waals surface area contributed by atoms with Crippen LogP contribution in [0.15, 0.2) is 120 Å². The van der Waals surface area contributed by atoms with Gasteiger partial charge in [0.25, 0.3) is 15.7 Å². The van der Waals surface area contributed by atoms with Gasteiger partial charge in [-0.05, 0) is 42.3 Å². The summed E-state index contributed by atoms with van der Waals surface area (Å²) in [5.41, 5.74) is 1.43. The maximum atomic E-state index is 14.3. The summed E-state index contributed by atoms with van der Waals surface area (Å²) in [6.45, 7) is 1.53. The van der Waals surface area contributed by atoms with E-state index in [9.17, 15) is 28.1 Å². The second-order valence-corrected chi connectivity index (χ2v) is 11.6. The van der Waals surface area contributed by atoms with Crippen molar-refractivity contribution in [3.63, 3.8) is 0 Å². The number of benzene rings is 4. The van der Waals surface area contributed by atoms with Gasteiger partial charge < -0.3 is 10.2 Å². The summed E-state index contributed by atoms with van der Waals surface area (Å²) in [6.07, 6.45) is 0.203. The number of nitro benzene ring substituents is 1. The number of likely N-dealkylation sites (N-methyl/N-ethyl adjacent to an activating group) is 1. The predicted molar refractivity (Wildman–Crippen MR) is 164 cm³/mol. The summed E-state index contributed by atoms with van der Waals surface area (Å²) >= 11 is 0. The van der Waals surface area contributed by atoms with Crippen molar-refractivity contribution in [1.29, 1.82) is 0 Å². The highest BCUT2D eigenvalue weighted by Gasteiger charge is 2.34. The number of nitrogens with zero attached hydrogens (tertiary/aromatic N) is 3. The number of sulfonamides is 1. The van der Waals surface area contributed by atoms with E-state index < -0.39 is 33.4 Å². The van der Waals surface area contributed by atoms with E-state index in [1.54, 1.807) is 25.1 Å². The van der Waals surface area contributed by atoms with Gasteiger partial charge in [-0.25, -0.2) is 8.42 Å². The molecule has 0 saturated carbocycles. The molecular weight excluding hydrogens is 568 g/mol. The van der Waals surface area contributed by atoms with Crippen LogP contribution in [0.3, 0.4) is 0 Å². The lowest BCUT2D eigenvalue weighted by atomic mass is 10.0. The number of nitrogens with one attached hydrogen (secondary N) is 1. The maximum absolute atomic E-state index is 14.3.